The first kappa shape index (κ1) is 57.4. The Morgan fingerprint density at radius 3 is 0.881 bits per heavy atom. The normalized spacial score (nSPS) is 12.6. The fourth-order valence-electron chi connectivity index (χ4n) is 7.91. The molecule has 6 heteroatoms. The van der Waals surface area contributed by atoms with Gasteiger partial charge in [-0.3, -0.25) is 14.4 Å². The van der Waals surface area contributed by atoms with Crippen molar-refractivity contribution >= 4 is 17.9 Å². The van der Waals surface area contributed by atoms with E-state index in [1.807, 2.05) is 0 Å². The van der Waals surface area contributed by atoms with Crippen molar-refractivity contribution in [2.45, 2.75) is 292 Å². The Balaban J connectivity index is 4.29. The van der Waals surface area contributed by atoms with Gasteiger partial charge in [-0.1, -0.05) is 247 Å². The maximum atomic E-state index is 12.8. The summed E-state index contributed by atoms with van der Waals surface area (Å²) in [4.78, 5) is 37.9. The standard InChI is InChI=1S/C53H102O6/c1-7-49(6)41-35-29-23-17-12-10-8-9-11-13-19-25-32-38-44-53(56)59-50(46-58-52(55)43-37-31-26-20-22-28-34-40-48(4)5)45-57-51(54)42-36-30-24-18-15-14-16-21-27-33-39-47(2)3/h47-50H,7-46H2,1-6H3/t49?,50-/m0/s1. The van der Waals surface area contributed by atoms with E-state index in [4.69, 9.17) is 14.2 Å². The monoisotopic (exact) mass is 835 g/mol. The van der Waals surface area contributed by atoms with Crippen molar-refractivity contribution < 1.29 is 28.6 Å². The molecule has 6 nitrogen and oxygen atoms in total. The van der Waals surface area contributed by atoms with E-state index in [0.717, 1.165) is 75.5 Å². The zero-order valence-corrected chi connectivity index (χ0v) is 40.5. The van der Waals surface area contributed by atoms with Gasteiger partial charge in [-0.2, -0.15) is 0 Å². The summed E-state index contributed by atoms with van der Waals surface area (Å²) in [6.45, 7) is 13.7. The van der Waals surface area contributed by atoms with Gasteiger partial charge < -0.3 is 14.2 Å². The lowest BCUT2D eigenvalue weighted by Crippen LogP contribution is -2.30. The second-order valence-electron chi connectivity index (χ2n) is 19.4. The van der Waals surface area contributed by atoms with Gasteiger partial charge in [0.1, 0.15) is 13.2 Å². The number of esters is 3. The summed E-state index contributed by atoms with van der Waals surface area (Å²) >= 11 is 0. The molecule has 0 fully saturated rings. The minimum Gasteiger partial charge on any atom is -0.462 e. The minimum absolute atomic E-state index is 0.0653. The first-order chi connectivity index (χ1) is 28.6. The van der Waals surface area contributed by atoms with Crippen LogP contribution in [0.3, 0.4) is 0 Å². The number of rotatable bonds is 46. The third-order valence-corrected chi connectivity index (χ3v) is 12.3. The molecule has 0 radical (unpaired) electrons. The predicted octanol–water partition coefficient (Wildman–Crippen LogP) is 16.8. The van der Waals surface area contributed by atoms with Gasteiger partial charge in [-0.15, -0.1) is 0 Å². The maximum Gasteiger partial charge on any atom is 0.306 e. The molecule has 0 spiro atoms. The van der Waals surface area contributed by atoms with E-state index in [2.05, 4.69) is 41.5 Å². The summed E-state index contributed by atoms with van der Waals surface area (Å²) in [6.07, 6.45) is 43.8. The zero-order valence-electron chi connectivity index (χ0n) is 40.5. The van der Waals surface area contributed by atoms with Gasteiger partial charge in [-0.25, -0.2) is 0 Å². The molecule has 0 amide bonds. The van der Waals surface area contributed by atoms with Crippen molar-refractivity contribution in [2.24, 2.45) is 17.8 Å². The molecule has 0 aromatic rings. The topological polar surface area (TPSA) is 78.9 Å². The molecule has 0 saturated heterocycles. The summed E-state index contributed by atoms with van der Waals surface area (Å²) in [5, 5.41) is 0. The molecule has 0 aromatic heterocycles. The van der Waals surface area contributed by atoms with E-state index in [1.54, 1.807) is 0 Å². The zero-order chi connectivity index (χ0) is 43.4. The van der Waals surface area contributed by atoms with Crippen LogP contribution >= 0.6 is 0 Å². The van der Waals surface area contributed by atoms with Crippen molar-refractivity contribution in [1.29, 1.82) is 0 Å². The number of hydrogen-bond acceptors (Lipinski definition) is 6. The van der Waals surface area contributed by atoms with Crippen LogP contribution in [0.15, 0.2) is 0 Å². The predicted molar refractivity (Wildman–Crippen MR) is 252 cm³/mol. The van der Waals surface area contributed by atoms with Crippen molar-refractivity contribution in [3.8, 4) is 0 Å². The number of hydrogen-bond donors (Lipinski definition) is 0. The summed E-state index contributed by atoms with van der Waals surface area (Å²) in [6, 6.07) is 0. The second kappa shape index (κ2) is 44.5. The van der Waals surface area contributed by atoms with Crippen LogP contribution in [-0.2, 0) is 28.6 Å². The van der Waals surface area contributed by atoms with Crippen LogP contribution in [0.5, 0.6) is 0 Å². The van der Waals surface area contributed by atoms with Crippen LogP contribution in [0.4, 0.5) is 0 Å². The van der Waals surface area contributed by atoms with E-state index in [0.29, 0.717) is 19.3 Å². The minimum atomic E-state index is -0.763. The molecular weight excluding hydrogens is 733 g/mol. The molecule has 1 unspecified atom stereocenters. The molecule has 0 saturated carbocycles. The van der Waals surface area contributed by atoms with Crippen LogP contribution in [0.1, 0.15) is 286 Å². The Hall–Kier alpha value is -1.59. The first-order valence-corrected chi connectivity index (χ1v) is 26.1. The molecule has 0 aliphatic carbocycles. The molecule has 0 aliphatic rings. The van der Waals surface area contributed by atoms with Gasteiger partial charge in [0.05, 0.1) is 0 Å². The molecule has 0 bridgehead atoms. The molecule has 0 aliphatic heterocycles. The fraction of sp³-hybridized carbons (Fsp3) is 0.943. The largest absolute Gasteiger partial charge is 0.462 e. The summed E-state index contributed by atoms with van der Waals surface area (Å²) in [7, 11) is 0. The van der Waals surface area contributed by atoms with Crippen LogP contribution in [0.25, 0.3) is 0 Å². The third kappa shape index (κ3) is 45.8. The highest BCUT2D eigenvalue weighted by atomic mass is 16.6. The van der Waals surface area contributed by atoms with Crippen molar-refractivity contribution in [2.75, 3.05) is 13.2 Å². The van der Waals surface area contributed by atoms with Gasteiger partial charge >= 0.3 is 17.9 Å². The van der Waals surface area contributed by atoms with Crippen molar-refractivity contribution in [1.82, 2.24) is 0 Å². The molecule has 0 rings (SSSR count). The Morgan fingerprint density at radius 2 is 0.593 bits per heavy atom. The van der Waals surface area contributed by atoms with Crippen molar-refractivity contribution in [3.63, 3.8) is 0 Å². The highest BCUT2D eigenvalue weighted by molar-refractivity contribution is 5.71. The van der Waals surface area contributed by atoms with Crippen molar-refractivity contribution in [3.05, 3.63) is 0 Å². The van der Waals surface area contributed by atoms with Crippen LogP contribution in [0.2, 0.25) is 0 Å². The average Bonchev–Trinajstić information content (AvgIpc) is 3.20. The summed E-state index contributed by atoms with van der Waals surface area (Å²) < 4.78 is 16.8. The van der Waals surface area contributed by atoms with E-state index in [-0.39, 0.29) is 31.1 Å². The lowest BCUT2D eigenvalue weighted by Gasteiger charge is -2.18. The van der Waals surface area contributed by atoms with Gasteiger partial charge in [0.25, 0.3) is 0 Å². The van der Waals surface area contributed by atoms with E-state index in [9.17, 15) is 14.4 Å². The molecular formula is C53H102O6. The first-order valence-electron chi connectivity index (χ1n) is 26.1. The second-order valence-corrected chi connectivity index (χ2v) is 19.4. The molecule has 0 N–H and O–H groups in total. The molecule has 0 heterocycles. The summed E-state index contributed by atoms with van der Waals surface area (Å²) in [5.41, 5.74) is 0. The highest BCUT2D eigenvalue weighted by Gasteiger charge is 2.19. The van der Waals surface area contributed by atoms with Crippen LogP contribution in [0, 0.1) is 17.8 Å². The van der Waals surface area contributed by atoms with Gasteiger partial charge in [0.2, 0.25) is 0 Å². The SMILES string of the molecule is CCC(C)CCCCCCCCCCCCCCCCC(=O)O[C@@H](COC(=O)CCCCCCCCCCCCC(C)C)COC(=O)CCCCCCCCCC(C)C. The maximum absolute atomic E-state index is 12.8. The number of carbonyl (C=O) groups excluding carboxylic acids is 3. The summed E-state index contributed by atoms with van der Waals surface area (Å²) in [5.74, 6) is 1.64. The van der Waals surface area contributed by atoms with Crippen LogP contribution in [-0.4, -0.2) is 37.2 Å². The molecule has 59 heavy (non-hydrogen) atoms. The smallest absolute Gasteiger partial charge is 0.306 e. The van der Waals surface area contributed by atoms with Gasteiger partial charge in [0, 0.05) is 19.3 Å². The average molecular weight is 835 g/mol. The Labute approximate surface area is 368 Å². The number of unbranched alkanes of at least 4 members (excludes halogenated alkanes) is 28. The Morgan fingerprint density at radius 1 is 0.339 bits per heavy atom. The number of ether oxygens (including phenoxy) is 3. The van der Waals surface area contributed by atoms with Crippen LogP contribution < -0.4 is 0 Å². The Kier molecular flexibility index (Phi) is 43.3. The highest BCUT2D eigenvalue weighted by Crippen LogP contribution is 2.18. The van der Waals surface area contributed by atoms with Gasteiger partial charge in [0.15, 0.2) is 6.10 Å². The van der Waals surface area contributed by atoms with E-state index < -0.39 is 6.10 Å². The fourth-order valence-corrected chi connectivity index (χ4v) is 7.91. The quantitative estimate of drug-likeness (QED) is 0.0345. The Bertz CT molecular complexity index is 916. The van der Waals surface area contributed by atoms with Gasteiger partial charge in [-0.05, 0) is 37.0 Å². The number of carbonyl (C=O) groups is 3. The lowest BCUT2D eigenvalue weighted by molar-refractivity contribution is -0.167. The molecule has 2 atom stereocenters. The van der Waals surface area contributed by atoms with E-state index in [1.165, 1.54) is 167 Å². The van der Waals surface area contributed by atoms with E-state index >= 15 is 0 Å². The third-order valence-electron chi connectivity index (χ3n) is 12.3. The molecule has 0 aromatic carbocycles. The molecule has 350 valence electrons. The lowest BCUT2D eigenvalue weighted by atomic mass is 9.99.